The molecule has 0 spiro atoms. The third-order valence-electron chi connectivity index (χ3n) is 3.88. The van der Waals surface area contributed by atoms with Crippen molar-refractivity contribution in [3.05, 3.63) is 29.3 Å². The van der Waals surface area contributed by atoms with E-state index in [0.29, 0.717) is 6.54 Å². The first-order valence-corrected chi connectivity index (χ1v) is 6.79. The van der Waals surface area contributed by atoms with Gasteiger partial charge < -0.3 is 10.6 Å². The zero-order chi connectivity index (χ0) is 12.3. The van der Waals surface area contributed by atoms with Gasteiger partial charge in [0, 0.05) is 25.3 Å². The van der Waals surface area contributed by atoms with E-state index in [2.05, 4.69) is 36.9 Å². The molecule has 0 heterocycles. The van der Waals surface area contributed by atoms with Crippen LogP contribution in [0.3, 0.4) is 0 Å². The van der Waals surface area contributed by atoms with Gasteiger partial charge in [0.1, 0.15) is 0 Å². The molecule has 0 bridgehead atoms. The van der Waals surface area contributed by atoms with Gasteiger partial charge in [-0.2, -0.15) is 0 Å². The average Bonchev–Trinajstić information content (AvgIpc) is 2.29. The van der Waals surface area contributed by atoms with Crippen molar-refractivity contribution in [3.8, 4) is 0 Å². The summed E-state index contributed by atoms with van der Waals surface area (Å²) in [6.07, 6.45) is 4.22. The van der Waals surface area contributed by atoms with E-state index >= 15 is 0 Å². The monoisotopic (exact) mass is 232 g/mol. The molecule has 1 aliphatic rings. The molecule has 2 rings (SSSR count). The van der Waals surface area contributed by atoms with Crippen LogP contribution in [0.1, 0.15) is 37.3 Å². The first-order valence-electron chi connectivity index (χ1n) is 6.79. The van der Waals surface area contributed by atoms with Crippen LogP contribution in [-0.2, 0) is 6.54 Å². The minimum absolute atomic E-state index is 0.637. The molecule has 1 fully saturated rings. The summed E-state index contributed by atoms with van der Waals surface area (Å²) in [5.74, 6) is 0.905. The molecule has 0 radical (unpaired) electrons. The number of nitrogens with zero attached hydrogens (tertiary/aromatic N) is 1. The molecule has 0 atom stereocenters. The molecule has 1 saturated carbocycles. The van der Waals surface area contributed by atoms with Crippen LogP contribution in [0.2, 0.25) is 0 Å². The Hall–Kier alpha value is -1.02. The van der Waals surface area contributed by atoms with Gasteiger partial charge in [-0.3, -0.25) is 0 Å². The van der Waals surface area contributed by atoms with Crippen molar-refractivity contribution < 1.29 is 0 Å². The van der Waals surface area contributed by atoms with Crippen molar-refractivity contribution in [3.63, 3.8) is 0 Å². The SMILES string of the molecule is CCN(CC1CCC1)c1ccc(C)cc1CN. The molecule has 2 nitrogen and oxygen atoms in total. The molecular weight excluding hydrogens is 208 g/mol. The van der Waals surface area contributed by atoms with Gasteiger partial charge >= 0.3 is 0 Å². The molecule has 2 heteroatoms. The van der Waals surface area contributed by atoms with Gasteiger partial charge in [0.2, 0.25) is 0 Å². The second-order valence-corrected chi connectivity index (χ2v) is 5.17. The van der Waals surface area contributed by atoms with Gasteiger partial charge in [0.05, 0.1) is 0 Å². The normalized spacial score (nSPS) is 15.7. The van der Waals surface area contributed by atoms with Crippen molar-refractivity contribution in [1.82, 2.24) is 0 Å². The summed E-state index contributed by atoms with van der Waals surface area (Å²) >= 11 is 0. The summed E-state index contributed by atoms with van der Waals surface area (Å²) < 4.78 is 0. The molecule has 94 valence electrons. The molecule has 0 unspecified atom stereocenters. The number of anilines is 1. The van der Waals surface area contributed by atoms with E-state index in [4.69, 9.17) is 5.73 Å². The fraction of sp³-hybridized carbons (Fsp3) is 0.600. The third-order valence-corrected chi connectivity index (χ3v) is 3.88. The number of benzene rings is 1. The van der Waals surface area contributed by atoms with Gasteiger partial charge in [0.25, 0.3) is 0 Å². The van der Waals surface area contributed by atoms with Crippen LogP contribution in [0, 0.1) is 12.8 Å². The quantitative estimate of drug-likeness (QED) is 0.845. The van der Waals surface area contributed by atoms with Crippen LogP contribution < -0.4 is 10.6 Å². The van der Waals surface area contributed by atoms with Crippen molar-refractivity contribution >= 4 is 5.69 Å². The van der Waals surface area contributed by atoms with Gasteiger partial charge in [-0.25, -0.2) is 0 Å². The predicted octanol–water partition coefficient (Wildman–Crippen LogP) is 3.08. The van der Waals surface area contributed by atoms with Crippen LogP contribution in [0.4, 0.5) is 5.69 Å². The predicted molar refractivity (Wildman–Crippen MR) is 74.3 cm³/mol. The maximum atomic E-state index is 5.86. The molecule has 0 aliphatic heterocycles. The number of nitrogens with two attached hydrogens (primary N) is 1. The van der Waals surface area contributed by atoms with Crippen LogP contribution in [-0.4, -0.2) is 13.1 Å². The van der Waals surface area contributed by atoms with Crippen molar-refractivity contribution in [2.24, 2.45) is 11.7 Å². The number of hydrogen-bond acceptors (Lipinski definition) is 2. The van der Waals surface area contributed by atoms with E-state index in [9.17, 15) is 0 Å². The fourth-order valence-corrected chi connectivity index (χ4v) is 2.57. The standard InChI is InChI=1S/C15H24N2/c1-3-17(11-13-5-4-6-13)15-8-7-12(2)9-14(15)10-16/h7-9,13H,3-6,10-11,16H2,1-2H3. The summed E-state index contributed by atoms with van der Waals surface area (Å²) in [4.78, 5) is 2.49. The van der Waals surface area contributed by atoms with Gasteiger partial charge in [-0.05, 0) is 44.2 Å². The first-order chi connectivity index (χ1) is 8.24. The van der Waals surface area contributed by atoms with Crippen LogP contribution >= 0.6 is 0 Å². The Kier molecular flexibility index (Phi) is 4.06. The highest BCUT2D eigenvalue weighted by molar-refractivity contribution is 5.55. The molecular formula is C15H24N2. The molecule has 2 N–H and O–H groups in total. The first kappa shape index (κ1) is 12.4. The Morgan fingerprint density at radius 2 is 2.12 bits per heavy atom. The summed E-state index contributed by atoms with van der Waals surface area (Å²) in [5, 5.41) is 0. The van der Waals surface area contributed by atoms with E-state index in [1.54, 1.807) is 0 Å². The van der Waals surface area contributed by atoms with Gasteiger partial charge in [-0.1, -0.05) is 24.1 Å². The van der Waals surface area contributed by atoms with Crippen LogP contribution in [0.5, 0.6) is 0 Å². The molecule has 0 amide bonds. The Morgan fingerprint density at radius 1 is 1.35 bits per heavy atom. The zero-order valence-electron chi connectivity index (χ0n) is 11.1. The van der Waals surface area contributed by atoms with E-state index in [1.165, 1.54) is 42.6 Å². The maximum absolute atomic E-state index is 5.86. The van der Waals surface area contributed by atoms with E-state index in [0.717, 1.165) is 12.5 Å². The van der Waals surface area contributed by atoms with Crippen LogP contribution in [0.15, 0.2) is 18.2 Å². The second kappa shape index (κ2) is 5.54. The Balaban J connectivity index is 2.16. The van der Waals surface area contributed by atoms with Crippen LogP contribution in [0.25, 0.3) is 0 Å². The highest BCUT2D eigenvalue weighted by Gasteiger charge is 2.21. The number of rotatable bonds is 5. The maximum Gasteiger partial charge on any atom is 0.0411 e. The van der Waals surface area contributed by atoms with Gasteiger partial charge in [-0.15, -0.1) is 0 Å². The highest BCUT2D eigenvalue weighted by atomic mass is 15.1. The summed E-state index contributed by atoms with van der Waals surface area (Å²) in [6.45, 7) is 7.28. The largest absolute Gasteiger partial charge is 0.371 e. The Labute approximate surface area is 105 Å². The minimum Gasteiger partial charge on any atom is -0.371 e. The molecule has 17 heavy (non-hydrogen) atoms. The zero-order valence-corrected chi connectivity index (χ0v) is 11.1. The lowest BCUT2D eigenvalue weighted by molar-refractivity contribution is 0.318. The van der Waals surface area contributed by atoms with E-state index in [1.807, 2.05) is 0 Å². The number of aryl methyl sites for hydroxylation is 1. The highest BCUT2D eigenvalue weighted by Crippen LogP contribution is 2.30. The topological polar surface area (TPSA) is 29.3 Å². The van der Waals surface area contributed by atoms with Gasteiger partial charge in [0.15, 0.2) is 0 Å². The molecule has 0 saturated heterocycles. The smallest absolute Gasteiger partial charge is 0.0411 e. The summed E-state index contributed by atoms with van der Waals surface area (Å²) in [6, 6.07) is 6.65. The number of hydrogen-bond donors (Lipinski definition) is 1. The molecule has 1 aromatic rings. The molecule has 1 aromatic carbocycles. The van der Waals surface area contributed by atoms with Crippen molar-refractivity contribution in [2.75, 3.05) is 18.0 Å². The molecule has 0 aromatic heterocycles. The minimum atomic E-state index is 0.637. The van der Waals surface area contributed by atoms with E-state index < -0.39 is 0 Å². The lowest BCUT2D eigenvalue weighted by Gasteiger charge is -2.34. The summed E-state index contributed by atoms with van der Waals surface area (Å²) in [5.41, 5.74) is 9.79. The third kappa shape index (κ3) is 2.81. The van der Waals surface area contributed by atoms with Crippen molar-refractivity contribution in [2.45, 2.75) is 39.7 Å². The lowest BCUT2D eigenvalue weighted by Crippen LogP contribution is -2.33. The van der Waals surface area contributed by atoms with E-state index in [-0.39, 0.29) is 0 Å². The Morgan fingerprint density at radius 3 is 2.65 bits per heavy atom. The molecule has 1 aliphatic carbocycles. The second-order valence-electron chi connectivity index (χ2n) is 5.17. The fourth-order valence-electron chi connectivity index (χ4n) is 2.57. The van der Waals surface area contributed by atoms with Crippen molar-refractivity contribution in [1.29, 1.82) is 0 Å². The lowest BCUT2D eigenvalue weighted by atomic mass is 9.85. The average molecular weight is 232 g/mol. The Bertz CT molecular complexity index is 369. The summed E-state index contributed by atoms with van der Waals surface area (Å²) in [7, 11) is 0.